The number of amides is 1. The van der Waals surface area contributed by atoms with Crippen LogP contribution in [0.1, 0.15) is 6.42 Å². The van der Waals surface area contributed by atoms with Gasteiger partial charge in [-0.3, -0.25) is 4.79 Å². The standard InChI is InChI=1S/C11H16N2O3S/c1-17(15,16)8-7-10(12)11(14)13-9-5-3-2-4-6-9/h2-6,10H,7-8,12H2,1H3,(H,13,14). The topological polar surface area (TPSA) is 89.3 Å². The SMILES string of the molecule is CS(=O)(=O)CCC(N)C(=O)Nc1ccccc1. The average molecular weight is 256 g/mol. The van der Waals surface area contributed by atoms with Crippen molar-refractivity contribution in [3.05, 3.63) is 30.3 Å². The van der Waals surface area contributed by atoms with Gasteiger partial charge in [0.1, 0.15) is 9.84 Å². The van der Waals surface area contributed by atoms with E-state index in [0.717, 1.165) is 6.26 Å². The van der Waals surface area contributed by atoms with Crippen LogP contribution in [0.25, 0.3) is 0 Å². The molecule has 0 aliphatic rings. The normalized spacial score (nSPS) is 13.1. The van der Waals surface area contributed by atoms with Crippen LogP contribution in [0.3, 0.4) is 0 Å². The quantitative estimate of drug-likeness (QED) is 0.797. The molecule has 1 unspecified atom stereocenters. The Kier molecular flexibility index (Phi) is 4.65. The molecule has 0 spiro atoms. The number of carbonyl (C=O) groups is 1. The van der Waals surface area contributed by atoms with Gasteiger partial charge in [-0.2, -0.15) is 0 Å². The molecule has 0 heterocycles. The molecule has 0 saturated carbocycles. The van der Waals surface area contributed by atoms with Crippen molar-refractivity contribution in [1.29, 1.82) is 0 Å². The molecule has 94 valence electrons. The minimum Gasteiger partial charge on any atom is -0.325 e. The zero-order valence-electron chi connectivity index (χ0n) is 9.59. The first-order valence-electron chi connectivity index (χ1n) is 5.18. The molecule has 3 N–H and O–H groups in total. The molecule has 1 aromatic carbocycles. The molecule has 1 atom stereocenters. The van der Waals surface area contributed by atoms with E-state index in [0.29, 0.717) is 5.69 Å². The van der Waals surface area contributed by atoms with E-state index in [2.05, 4.69) is 5.32 Å². The van der Waals surface area contributed by atoms with Crippen LogP contribution in [0.4, 0.5) is 5.69 Å². The molecule has 0 bridgehead atoms. The number of hydrogen-bond donors (Lipinski definition) is 2. The summed E-state index contributed by atoms with van der Waals surface area (Å²) in [5.41, 5.74) is 6.24. The lowest BCUT2D eigenvalue weighted by Crippen LogP contribution is -2.37. The lowest BCUT2D eigenvalue weighted by Gasteiger charge is -2.11. The molecule has 0 aromatic heterocycles. The van der Waals surface area contributed by atoms with Crippen LogP contribution in [-0.2, 0) is 14.6 Å². The third kappa shape index (κ3) is 5.46. The van der Waals surface area contributed by atoms with Crippen molar-refractivity contribution in [2.24, 2.45) is 5.73 Å². The van der Waals surface area contributed by atoms with Gasteiger partial charge < -0.3 is 11.1 Å². The van der Waals surface area contributed by atoms with Crippen LogP contribution < -0.4 is 11.1 Å². The predicted molar refractivity (Wildman–Crippen MR) is 67.4 cm³/mol. The number of rotatable bonds is 5. The maximum Gasteiger partial charge on any atom is 0.241 e. The molecular formula is C11H16N2O3S. The lowest BCUT2D eigenvalue weighted by atomic mass is 10.2. The van der Waals surface area contributed by atoms with Crippen LogP contribution in [-0.4, -0.2) is 32.4 Å². The van der Waals surface area contributed by atoms with Gasteiger partial charge in [0.05, 0.1) is 11.8 Å². The number of sulfone groups is 1. The summed E-state index contributed by atoms with van der Waals surface area (Å²) in [4.78, 5) is 11.6. The fraction of sp³-hybridized carbons (Fsp3) is 0.364. The monoisotopic (exact) mass is 256 g/mol. The zero-order chi connectivity index (χ0) is 12.9. The maximum atomic E-state index is 11.6. The van der Waals surface area contributed by atoms with Crippen molar-refractivity contribution in [1.82, 2.24) is 0 Å². The van der Waals surface area contributed by atoms with E-state index in [9.17, 15) is 13.2 Å². The van der Waals surface area contributed by atoms with Gasteiger partial charge in [-0.15, -0.1) is 0 Å². The van der Waals surface area contributed by atoms with Crippen LogP contribution in [0, 0.1) is 0 Å². The van der Waals surface area contributed by atoms with Gasteiger partial charge in [-0.25, -0.2) is 8.42 Å². The molecule has 0 fully saturated rings. The molecule has 0 saturated heterocycles. The Morgan fingerprint density at radius 1 is 1.35 bits per heavy atom. The van der Waals surface area contributed by atoms with E-state index in [1.165, 1.54) is 0 Å². The molecule has 0 radical (unpaired) electrons. The van der Waals surface area contributed by atoms with Crippen molar-refractivity contribution in [2.75, 3.05) is 17.3 Å². The summed E-state index contributed by atoms with van der Waals surface area (Å²) in [6.45, 7) is 0. The number of nitrogens with one attached hydrogen (secondary N) is 1. The number of benzene rings is 1. The summed E-state index contributed by atoms with van der Waals surface area (Å²) in [5.74, 6) is -0.462. The van der Waals surface area contributed by atoms with E-state index < -0.39 is 15.9 Å². The van der Waals surface area contributed by atoms with Crippen molar-refractivity contribution in [3.63, 3.8) is 0 Å². The van der Waals surface area contributed by atoms with Gasteiger partial charge in [0.2, 0.25) is 5.91 Å². The predicted octanol–water partition coefficient (Wildman–Crippen LogP) is 0.387. The lowest BCUT2D eigenvalue weighted by molar-refractivity contribution is -0.117. The summed E-state index contributed by atoms with van der Waals surface area (Å²) in [5, 5.41) is 2.62. The van der Waals surface area contributed by atoms with E-state index in [1.54, 1.807) is 24.3 Å². The third-order valence-electron chi connectivity index (χ3n) is 2.18. The van der Waals surface area contributed by atoms with Crippen molar-refractivity contribution in [2.45, 2.75) is 12.5 Å². The maximum absolute atomic E-state index is 11.6. The minimum absolute atomic E-state index is 0.0869. The summed E-state index contributed by atoms with van der Waals surface area (Å²) in [6, 6.07) is 8.07. The molecule has 0 aliphatic carbocycles. The highest BCUT2D eigenvalue weighted by atomic mass is 32.2. The van der Waals surface area contributed by atoms with Gasteiger partial charge in [0.25, 0.3) is 0 Å². The molecule has 1 amide bonds. The van der Waals surface area contributed by atoms with E-state index in [4.69, 9.17) is 5.73 Å². The Morgan fingerprint density at radius 3 is 2.47 bits per heavy atom. The van der Waals surface area contributed by atoms with E-state index in [1.807, 2.05) is 6.07 Å². The second-order valence-corrected chi connectivity index (χ2v) is 6.14. The molecule has 6 heteroatoms. The summed E-state index contributed by atoms with van der Waals surface area (Å²) >= 11 is 0. The Bertz CT molecular complexity index is 471. The van der Waals surface area contributed by atoms with Crippen molar-refractivity contribution in [3.8, 4) is 0 Å². The first kappa shape index (κ1) is 13.7. The second-order valence-electron chi connectivity index (χ2n) is 3.88. The highest BCUT2D eigenvalue weighted by molar-refractivity contribution is 7.90. The van der Waals surface area contributed by atoms with Gasteiger partial charge in [0.15, 0.2) is 0 Å². The van der Waals surface area contributed by atoms with Crippen LogP contribution >= 0.6 is 0 Å². The Morgan fingerprint density at radius 2 is 1.94 bits per heavy atom. The first-order chi connectivity index (χ1) is 7.88. The highest BCUT2D eigenvalue weighted by Gasteiger charge is 2.15. The van der Waals surface area contributed by atoms with E-state index >= 15 is 0 Å². The fourth-order valence-electron chi connectivity index (χ4n) is 1.23. The number of carbonyl (C=O) groups excluding carboxylic acids is 1. The number of hydrogen-bond acceptors (Lipinski definition) is 4. The van der Waals surface area contributed by atoms with Gasteiger partial charge >= 0.3 is 0 Å². The molecule has 17 heavy (non-hydrogen) atoms. The molecule has 5 nitrogen and oxygen atoms in total. The summed E-state index contributed by atoms with van der Waals surface area (Å²) in [6.07, 6.45) is 1.24. The fourth-order valence-corrected chi connectivity index (χ4v) is 1.91. The largest absolute Gasteiger partial charge is 0.325 e. The molecular weight excluding hydrogens is 240 g/mol. The van der Waals surface area contributed by atoms with Crippen molar-refractivity contribution < 1.29 is 13.2 Å². The summed E-state index contributed by atoms with van der Waals surface area (Å²) < 4.78 is 21.9. The summed E-state index contributed by atoms with van der Waals surface area (Å²) in [7, 11) is -3.09. The first-order valence-corrected chi connectivity index (χ1v) is 7.24. The Labute approximate surface area is 101 Å². The Hall–Kier alpha value is -1.40. The second kappa shape index (κ2) is 5.79. The van der Waals surface area contributed by atoms with Gasteiger partial charge in [-0.05, 0) is 18.6 Å². The number of nitrogens with two attached hydrogens (primary N) is 1. The molecule has 1 rings (SSSR count). The van der Waals surface area contributed by atoms with Gasteiger partial charge in [0, 0.05) is 11.9 Å². The van der Waals surface area contributed by atoms with Crippen molar-refractivity contribution >= 4 is 21.4 Å². The number of para-hydroxylation sites is 1. The van der Waals surface area contributed by atoms with Crippen LogP contribution in [0.15, 0.2) is 30.3 Å². The van der Waals surface area contributed by atoms with Crippen LogP contribution in [0.5, 0.6) is 0 Å². The van der Waals surface area contributed by atoms with Gasteiger partial charge in [-0.1, -0.05) is 18.2 Å². The third-order valence-corrected chi connectivity index (χ3v) is 3.16. The molecule has 1 aromatic rings. The van der Waals surface area contributed by atoms with E-state index in [-0.39, 0.29) is 18.1 Å². The average Bonchev–Trinajstić information content (AvgIpc) is 2.26. The smallest absolute Gasteiger partial charge is 0.241 e. The number of anilines is 1. The highest BCUT2D eigenvalue weighted by Crippen LogP contribution is 2.06. The molecule has 0 aliphatic heterocycles. The minimum atomic E-state index is -3.09. The Balaban J connectivity index is 2.48. The zero-order valence-corrected chi connectivity index (χ0v) is 10.4. The van der Waals surface area contributed by atoms with Crippen LogP contribution in [0.2, 0.25) is 0 Å².